The number of hydrogen-bond acceptors (Lipinski definition) is 2. The van der Waals surface area contributed by atoms with Crippen LogP contribution in [0.3, 0.4) is 0 Å². The fraction of sp³-hybridized carbons (Fsp3) is 0.286. The molecule has 0 atom stereocenters. The number of nitrogens with zero attached hydrogens (tertiary/aromatic N) is 2. The molecule has 0 unspecified atom stereocenters. The van der Waals surface area contributed by atoms with E-state index in [9.17, 15) is 4.79 Å². The van der Waals surface area contributed by atoms with Crippen molar-refractivity contribution in [3.63, 3.8) is 0 Å². The van der Waals surface area contributed by atoms with Crippen LogP contribution in [-0.4, -0.2) is 16.1 Å². The molecule has 1 aromatic carbocycles. The molecule has 0 saturated heterocycles. The van der Waals surface area contributed by atoms with Gasteiger partial charge in [0, 0.05) is 22.8 Å². The number of rotatable bonds is 4. The molecule has 2 rings (SSSR count). The Hall–Kier alpha value is -1.42. The van der Waals surface area contributed by atoms with Gasteiger partial charge in [0.1, 0.15) is 5.69 Å². The Bertz CT molecular complexity index is 543. The summed E-state index contributed by atoms with van der Waals surface area (Å²) in [4.78, 5) is 11.1. The molecular weight excluding hydrogens is 292 g/mol. The standard InChI is InChI=1S/C14H15BrN2O/c1-10(2)7-17-8-12(9-18)14(16-17)11-3-5-13(15)6-4-11/h3-6,8-10H,7H2,1-2H3. The fourth-order valence-corrected chi connectivity index (χ4v) is 2.09. The van der Waals surface area contributed by atoms with Gasteiger partial charge in [0.15, 0.2) is 6.29 Å². The maximum Gasteiger partial charge on any atom is 0.153 e. The van der Waals surface area contributed by atoms with Gasteiger partial charge in [-0.05, 0) is 18.1 Å². The van der Waals surface area contributed by atoms with Gasteiger partial charge < -0.3 is 0 Å². The minimum Gasteiger partial charge on any atom is -0.298 e. The Morgan fingerprint density at radius 1 is 1.33 bits per heavy atom. The first kappa shape index (κ1) is 13.0. The van der Waals surface area contributed by atoms with Crippen LogP contribution in [0.15, 0.2) is 34.9 Å². The highest BCUT2D eigenvalue weighted by atomic mass is 79.9. The third-order valence-electron chi connectivity index (χ3n) is 2.59. The molecule has 94 valence electrons. The second kappa shape index (κ2) is 5.48. The van der Waals surface area contributed by atoms with E-state index >= 15 is 0 Å². The van der Waals surface area contributed by atoms with Crippen molar-refractivity contribution in [3.05, 3.63) is 40.5 Å². The first-order chi connectivity index (χ1) is 8.60. The summed E-state index contributed by atoms with van der Waals surface area (Å²) in [6.45, 7) is 5.07. The number of benzene rings is 1. The van der Waals surface area contributed by atoms with Crippen molar-refractivity contribution in [1.82, 2.24) is 9.78 Å². The van der Waals surface area contributed by atoms with Crippen LogP contribution in [0.5, 0.6) is 0 Å². The van der Waals surface area contributed by atoms with E-state index in [4.69, 9.17) is 0 Å². The molecule has 1 heterocycles. The van der Waals surface area contributed by atoms with E-state index in [0.29, 0.717) is 11.5 Å². The lowest BCUT2D eigenvalue weighted by Gasteiger charge is -2.03. The molecule has 0 N–H and O–H groups in total. The summed E-state index contributed by atoms with van der Waals surface area (Å²) in [6.07, 6.45) is 2.67. The number of aromatic nitrogens is 2. The summed E-state index contributed by atoms with van der Waals surface area (Å²) < 4.78 is 2.85. The summed E-state index contributed by atoms with van der Waals surface area (Å²) >= 11 is 3.40. The van der Waals surface area contributed by atoms with Crippen molar-refractivity contribution >= 4 is 22.2 Å². The molecule has 0 amide bonds. The molecule has 0 aliphatic heterocycles. The molecule has 18 heavy (non-hydrogen) atoms. The molecule has 0 aliphatic carbocycles. The smallest absolute Gasteiger partial charge is 0.153 e. The monoisotopic (exact) mass is 306 g/mol. The van der Waals surface area contributed by atoms with E-state index < -0.39 is 0 Å². The highest BCUT2D eigenvalue weighted by Gasteiger charge is 2.11. The highest BCUT2D eigenvalue weighted by molar-refractivity contribution is 9.10. The van der Waals surface area contributed by atoms with E-state index in [0.717, 1.165) is 28.6 Å². The SMILES string of the molecule is CC(C)Cn1cc(C=O)c(-c2ccc(Br)cc2)n1. The molecule has 0 bridgehead atoms. The zero-order chi connectivity index (χ0) is 13.1. The molecule has 0 aliphatic rings. The van der Waals surface area contributed by atoms with Gasteiger partial charge in [-0.25, -0.2) is 0 Å². The second-order valence-corrected chi connectivity index (χ2v) is 5.59. The van der Waals surface area contributed by atoms with Crippen molar-refractivity contribution in [2.24, 2.45) is 5.92 Å². The van der Waals surface area contributed by atoms with Crippen LogP contribution in [0.25, 0.3) is 11.3 Å². The number of hydrogen-bond donors (Lipinski definition) is 0. The molecule has 0 saturated carbocycles. The van der Waals surface area contributed by atoms with Gasteiger partial charge in [0.2, 0.25) is 0 Å². The zero-order valence-corrected chi connectivity index (χ0v) is 12.0. The molecule has 2 aromatic rings. The first-order valence-electron chi connectivity index (χ1n) is 5.88. The Kier molecular flexibility index (Phi) is 3.97. The molecular formula is C14H15BrN2O. The Balaban J connectivity index is 2.39. The Morgan fingerprint density at radius 2 is 2.00 bits per heavy atom. The van der Waals surface area contributed by atoms with E-state index in [-0.39, 0.29) is 0 Å². The average Bonchev–Trinajstić information content (AvgIpc) is 2.72. The van der Waals surface area contributed by atoms with Crippen molar-refractivity contribution in [2.75, 3.05) is 0 Å². The summed E-state index contributed by atoms with van der Waals surface area (Å²) in [7, 11) is 0. The normalized spacial score (nSPS) is 10.9. The van der Waals surface area contributed by atoms with Gasteiger partial charge in [0.05, 0.1) is 5.56 Å². The summed E-state index contributed by atoms with van der Waals surface area (Å²) in [5.41, 5.74) is 2.35. The fourth-order valence-electron chi connectivity index (χ4n) is 1.82. The van der Waals surface area contributed by atoms with Crippen LogP contribution in [0.1, 0.15) is 24.2 Å². The molecule has 4 heteroatoms. The molecule has 0 radical (unpaired) electrons. The van der Waals surface area contributed by atoms with Gasteiger partial charge in [-0.2, -0.15) is 5.10 Å². The van der Waals surface area contributed by atoms with Crippen molar-refractivity contribution in [2.45, 2.75) is 20.4 Å². The third kappa shape index (κ3) is 2.88. The van der Waals surface area contributed by atoms with Gasteiger partial charge >= 0.3 is 0 Å². The van der Waals surface area contributed by atoms with Crippen molar-refractivity contribution in [1.29, 1.82) is 0 Å². The Labute approximate surface area is 115 Å². The Morgan fingerprint density at radius 3 is 2.56 bits per heavy atom. The predicted molar refractivity (Wildman–Crippen MR) is 75.6 cm³/mol. The number of aldehydes is 1. The van der Waals surface area contributed by atoms with Gasteiger partial charge in [0.25, 0.3) is 0 Å². The minimum absolute atomic E-state index is 0.502. The summed E-state index contributed by atoms with van der Waals surface area (Å²) in [5.74, 6) is 0.502. The van der Waals surface area contributed by atoms with Crippen LogP contribution in [-0.2, 0) is 6.54 Å². The lowest BCUT2D eigenvalue weighted by Crippen LogP contribution is -2.04. The van der Waals surface area contributed by atoms with Gasteiger partial charge in [-0.15, -0.1) is 0 Å². The van der Waals surface area contributed by atoms with Crippen LogP contribution in [0, 0.1) is 5.92 Å². The summed E-state index contributed by atoms with van der Waals surface area (Å²) in [5, 5.41) is 4.49. The lowest BCUT2D eigenvalue weighted by atomic mass is 10.1. The number of halogens is 1. The van der Waals surface area contributed by atoms with Gasteiger partial charge in [-0.1, -0.05) is 41.9 Å². The largest absolute Gasteiger partial charge is 0.298 e. The molecule has 0 spiro atoms. The van der Waals surface area contributed by atoms with Crippen LogP contribution < -0.4 is 0 Å². The maximum absolute atomic E-state index is 11.1. The van der Waals surface area contributed by atoms with Crippen molar-refractivity contribution < 1.29 is 4.79 Å². The predicted octanol–water partition coefficient (Wildman–Crippen LogP) is 3.78. The van der Waals surface area contributed by atoms with E-state index in [1.165, 1.54) is 0 Å². The molecule has 1 aromatic heterocycles. The zero-order valence-electron chi connectivity index (χ0n) is 10.4. The highest BCUT2D eigenvalue weighted by Crippen LogP contribution is 2.23. The second-order valence-electron chi connectivity index (χ2n) is 4.67. The van der Waals surface area contributed by atoms with E-state index in [1.807, 2.05) is 35.1 Å². The van der Waals surface area contributed by atoms with Crippen LogP contribution in [0.2, 0.25) is 0 Å². The lowest BCUT2D eigenvalue weighted by molar-refractivity contribution is 0.112. The van der Waals surface area contributed by atoms with Crippen LogP contribution >= 0.6 is 15.9 Å². The topological polar surface area (TPSA) is 34.9 Å². The van der Waals surface area contributed by atoms with Crippen molar-refractivity contribution in [3.8, 4) is 11.3 Å². The van der Waals surface area contributed by atoms with Gasteiger partial charge in [-0.3, -0.25) is 9.48 Å². The van der Waals surface area contributed by atoms with E-state index in [2.05, 4.69) is 34.9 Å². The number of carbonyl (C=O) groups is 1. The minimum atomic E-state index is 0.502. The van der Waals surface area contributed by atoms with E-state index in [1.54, 1.807) is 0 Å². The quantitative estimate of drug-likeness (QED) is 0.806. The van der Waals surface area contributed by atoms with Crippen LogP contribution in [0.4, 0.5) is 0 Å². The third-order valence-corrected chi connectivity index (χ3v) is 3.12. The molecule has 0 fully saturated rings. The number of carbonyl (C=O) groups excluding carboxylic acids is 1. The maximum atomic E-state index is 11.1. The summed E-state index contributed by atoms with van der Waals surface area (Å²) in [6, 6.07) is 7.81. The molecule has 3 nitrogen and oxygen atoms in total. The first-order valence-corrected chi connectivity index (χ1v) is 6.68. The average molecular weight is 307 g/mol.